The molecule has 3 aromatic carbocycles. The van der Waals surface area contributed by atoms with E-state index >= 15 is 0 Å². The number of carbonyl (C=O) groups is 1. The molecule has 0 saturated heterocycles. The number of rotatable bonds is 14. The molecule has 3 rings (SSSR count). The number of benzene rings is 3. The van der Waals surface area contributed by atoms with Crippen LogP contribution >= 0.6 is 0 Å². The molecule has 180 valence electrons. The molecule has 0 fully saturated rings. The molecule has 0 heterocycles. The van der Waals surface area contributed by atoms with Gasteiger partial charge in [-0.05, 0) is 43.4 Å². The van der Waals surface area contributed by atoms with E-state index in [2.05, 4.69) is 72.5 Å². The summed E-state index contributed by atoms with van der Waals surface area (Å²) < 4.78 is 11.3. The van der Waals surface area contributed by atoms with Gasteiger partial charge in [0.1, 0.15) is 0 Å². The van der Waals surface area contributed by atoms with E-state index in [1.165, 1.54) is 16.7 Å². The summed E-state index contributed by atoms with van der Waals surface area (Å²) >= 11 is 0. The zero-order valence-electron chi connectivity index (χ0n) is 20.4. The molecule has 0 aromatic heterocycles. The Balaban J connectivity index is 1.72. The van der Waals surface area contributed by atoms with Crippen molar-refractivity contribution in [2.45, 2.75) is 58.3 Å². The zero-order chi connectivity index (χ0) is 24.0. The highest BCUT2D eigenvalue weighted by Gasteiger charge is 2.27. The van der Waals surface area contributed by atoms with E-state index in [0.29, 0.717) is 26.2 Å². The van der Waals surface area contributed by atoms with Gasteiger partial charge in [-0.3, -0.25) is 9.69 Å². The summed E-state index contributed by atoms with van der Waals surface area (Å²) in [5.41, 5.74) is 3.65. The largest absolute Gasteiger partial charge is 0.466 e. The van der Waals surface area contributed by atoms with Crippen LogP contribution in [0.3, 0.4) is 0 Å². The number of hydrogen-bond donors (Lipinski definition) is 0. The van der Waals surface area contributed by atoms with Crippen molar-refractivity contribution in [3.8, 4) is 0 Å². The smallest absolute Gasteiger partial charge is 0.307 e. The Hall–Kier alpha value is -2.95. The van der Waals surface area contributed by atoms with E-state index < -0.39 is 0 Å². The van der Waals surface area contributed by atoms with Crippen molar-refractivity contribution in [3.63, 3.8) is 0 Å². The van der Waals surface area contributed by atoms with E-state index in [1.807, 2.05) is 37.3 Å². The third kappa shape index (κ3) is 8.44. The highest BCUT2D eigenvalue weighted by Crippen LogP contribution is 2.28. The first-order valence-corrected chi connectivity index (χ1v) is 12.3. The first kappa shape index (κ1) is 25.7. The van der Waals surface area contributed by atoms with E-state index in [4.69, 9.17) is 9.47 Å². The molecule has 0 N–H and O–H groups in total. The molecule has 4 heteroatoms. The number of carbonyl (C=O) groups excluding carboxylic acids is 1. The second-order valence-corrected chi connectivity index (χ2v) is 8.59. The van der Waals surface area contributed by atoms with E-state index in [1.54, 1.807) is 0 Å². The van der Waals surface area contributed by atoms with Gasteiger partial charge in [0.25, 0.3) is 0 Å². The third-order valence-corrected chi connectivity index (χ3v) is 6.10. The van der Waals surface area contributed by atoms with Crippen LogP contribution in [0.25, 0.3) is 0 Å². The Morgan fingerprint density at radius 2 is 1.44 bits per heavy atom. The van der Waals surface area contributed by atoms with Crippen LogP contribution in [0.5, 0.6) is 0 Å². The van der Waals surface area contributed by atoms with Gasteiger partial charge in [0.15, 0.2) is 0 Å². The topological polar surface area (TPSA) is 38.8 Å². The van der Waals surface area contributed by atoms with Gasteiger partial charge in [0, 0.05) is 25.2 Å². The second kappa shape index (κ2) is 14.3. The molecule has 0 amide bonds. The SMILES string of the molecule is CCOC(=O)C[C@H](CCCOCc1ccccc1)N(Cc1ccccc1)[C@@H](C)c1ccccc1. The van der Waals surface area contributed by atoms with Crippen LogP contribution in [0.1, 0.15) is 55.8 Å². The van der Waals surface area contributed by atoms with Gasteiger partial charge in [0.2, 0.25) is 0 Å². The molecule has 0 radical (unpaired) electrons. The molecule has 0 aliphatic carbocycles. The molecule has 0 unspecified atom stereocenters. The summed E-state index contributed by atoms with van der Waals surface area (Å²) in [4.78, 5) is 15.0. The van der Waals surface area contributed by atoms with Gasteiger partial charge in [-0.25, -0.2) is 0 Å². The van der Waals surface area contributed by atoms with Crippen LogP contribution in [0, 0.1) is 0 Å². The minimum absolute atomic E-state index is 0.0507. The molecule has 4 nitrogen and oxygen atoms in total. The van der Waals surface area contributed by atoms with Crippen LogP contribution in [0.4, 0.5) is 0 Å². The Bertz CT molecular complexity index is 947. The maximum absolute atomic E-state index is 12.6. The van der Waals surface area contributed by atoms with Crippen LogP contribution in [0.15, 0.2) is 91.0 Å². The lowest BCUT2D eigenvalue weighted by atomic mass is 9.99. The molecule has 0 saturated carbocycles. The first-order chi connectivity index (χ1) is 16.7. The molecule has 0 aliphatic heterocycles. The second-order valence-electron chi connectivity index (χ2n) is 8.59. The summed E-state index contributed by atoms with van der Waals surface area (Å²) in [7, 11) is 0. The van der Waals surface area contributed by atoms with Gasteiger partial charge in [-0.1, -0.05) is 91.0 Å². The Labute approximate surface area is 204 Å². The lowest BCUT2D eigenvalue weighted by Gasteiger charge is -2.37. The monoisotopic (exact) mass is 459 g/mol. The molecular formula is C30H37NO3. The molecule has 3 aromatic rings. The van der Waals surface area contributed by atoms with Crippen LogP contribution in [-0.2, 0) is 27.4 Å². The Morgan fingerprint density at radius 1 is 0.853 bits per heavy atom. The normalized spacial score (nSPS) is 12.9. The standard InChI is InChI=1S/C30H37NO3/c1-3-34-30(32)22-29(20-13-21-33-24-27-16-9-5-10-17-27)31(23-26-14-7-4-8-15-26)25(2)28-18-11-6-12-19-28/h4-12,14-19,25,29H,3,13,20-24H2,1-2H3/t25-,29-/m0/s1. The third-order valence-electron chi connectivity index (χ3n) is 6.10. The minimum atomic E-state index is -0.143. The van der Waals surface area contributed by atoms with Gasteiger partial charge in [0.05, 0.1) is 19.6 Å². The molecule has 0 bridgehead atoms. The molecular weight excluding hydrogens is 422 g/mol. The number of esters is 1. The molecule has 0 spiro atoms. The molecule has 0 aliphatic rings. The fourth-order valence-electron chi connectivity index (χ4n) is 4.28. The highest BCUT2D eigenvalue weighted by molar-refractivity contribution is 5.70. The van der Waals surface area contributed by atoms with Crippen molar-refractivity contribution in [2.75, 3.05) is 13.2 Å². The van der Waals surface area contributed by atoms with E-state index in [0.717, 1.165) is 19.4 Å². The van der Waals surface area contributed by atoms with Crippen molar-refractivity contribution in [1.29, 1.82) is 0 Å². The summed E-state index contributed by atoms with van der Waals surface area (Å²) in [5.74, 6) is -0.143. The zero-order valence-corrected chi connectivity index (χ0v) is 20.4. The van der Waals surface area contributed by atoms with E-state index in [-0.39, 0.29) is 18.1 Å². The minimum Gasteiger partial charge on any atom is -0.466 e. The molecule has 2 atom stereocenters. The highest BCUT2D eigenvalue weighted by atomic mass is 16.5. The summed E-state index contributed by atoms with van der Waals surface area (Å²) in [6.45, 7) is 6.52. The number of nitrogens with zero attached hydrogens (tertiary/aromatic N) is 1. The van der Waals surface area contributed by atoms with Gasteiger partial charge >= 0.3 is 5.97 Å². The lowest BCUT2D eigenvalue weighted by molar-refractivity contribution is -0.145. The van der Waals surface area contributed by atoms with Gasteiger partial charge in [-0.15, -0.1) is 0 Å². The van der Waals surface area contributed by atoms with Gasteiger partial charge in [-0.2, -0.15) is 0 Å². The maximum atomic E-state index is 12.6. The maximum Gasteiger partial charge on any atom is 0.307 e. The van der Waals surface area contributed by atoms with Crippen molar-refractivity contribution in [3.05, 3.63) is 108 Å². The fraction of sp³-hybridized carbons (Fsp3) is 0.367. The fourth-order valence-corrected chi connectivity index (χ4v) is 4.28. The van der Waals surface area contributed by atoms with Crippen LogP contribution in [-0.4, -0.2) is 30.1 Å². The predicted molar refractivity (Wildman–Crippen MR) is 137 cm³/mol. The van der Waals surface area contributed by atoms with Gasteiger partial charge < -0.3 is 9.47 Å². The average Bonchev–Trinajstić information content (AvgIpc) is 2.88. The predicted octanol–water partition coefficient (Wildman–Crippen LogP) is 6.57. The quantitative estimate of drug-likeness (QED) is 0.202. The van der Waals surface area contributed by atoms with Crippen LogP contribution in [0.2, 0.25) is 0 Å². The summed E-state index contributed by atoms with van der Waals surface area (Å²) in [5, 5.41) is 0. The van der Waals surface area contributed by atoms with Crippen molar-refractivity contribution >= 4 is 5.97 Å². The number of ether oxygens (including phenoxy) is 2. The van der Waals surface area contributed by atoms with Crippen molar-refractivity contribution < 1.29 is 14.3 Å². The Morgan fingerprint density at radius 3 is 2.06 bits per heavy atom. The first-order valence-electron chi connectivity index (χ1n) is 12.3. The number of hydrogen-bond acceptors (Lipinski definition) is 4. The average molecular weight is 460 g/mol. The Kier molecular flexibility index (Phi) is 10.8. The van der Waals surface area contributed by atoms with E-state index in [9.17, 15) is 4.79 Å². The molecule has 34 heavy (non-hydrogen) atoms. The van der Waals surface area contributed by atoms with Crippen molar-refractivity contribution in [1.82, 2.24) is 4.90 Å². The summed E-state index contributed by atoms with van der Waals surface area (Å²) in [6, 6.07) is 31.4. The summed E-state index contributed by atoms with van der Waals surface area (Å²) in [6.07, 6.45) is 2.11. The van der Waals surface area contributed by atoms with Crippen molar-refractivity contribution in [2.24, 2.45) is 0 Å². The lowest BCUT2D eigenvalue weighted by Crippen LogP contribution is -2.39. The van der Waals surface area contributed by atoms with Crippen LogP contribution < -0.4 is 0 Å².